The number of carbonyl (C=O) groups is 1. The van der Waals surface area contributed by atoms with E-state index in [9.17, 15) is 4.79 Å². The van der Waals surface area contributed by atoms with Gasteiger partial charge in [-0.25, -0.2) is 0 Å². The first kappa shape index (κ1) is 12.0. The number of hydrogen-bond donors (Lipinski definition) is 2. The van der Waals surface area contributed by atoms with Crippen LogP contribution in [0.2, 0.25) is 0 Å². The summed E-state index contributed by atoms with van der Waals surface area (Å²) in [7, 11) is 0. The largest absolute Gasteiger partial charge is 0.389 e. The van der Waals surface area contributed by atoms with Crippen molar-refractivity contribution in [2.24, 2.45) is 11.7 Å². The summed E-state index contributed by atoms with van der Waals surface area (Å²) in [6.07, 6.45) is 3.71. The van der Waals surface area contributed by atoms with Gasteiger partial charge in [0.05, 0.1) is 0 Å². The van der Waals surface area contributed by atoms with E-state index in [1.807, 2.05) is 6.07 Å². The fraction of sp³-hybridized carbons (Fsp3) is 0.385. The maximum atomic E-state index is 11.8. The molecule has 1 fully saturated rings. The van der Waals surface area contributed by atoms with Crippen LogP contribution in [0.1, 0.15) is 35.2 Å². The second-order valence-electron chi connectivity index (χ2n) is 4.43. The van der Waals surface area contributed by atoms with Crippen LogP contribution in [0.25, 0.3) is 0 Å². The molecule has 2 rings (SSSR count). The zero-order chi connectivity index (χ0) is 12.3. The van der Waals surface area contributed by atoms with E-state index < -0.39 is 0 Å². The highest BCUT2D eigenvalue weighted by atomic mass is 32.1. The number of thiocarbonyl (C=S) groups is 1. The molecule has 1 aliphatic rings. The third-order valence-corrected chi connectivity index (χ3v) is 3.18. The molecule has 4 heteroatoms. The van der Waals surface area contributed by atoms with Crippen LogP contribution < -0.4 is 11.1 Å². The summed E-state index contributed by atoms with van der Waals surface area (Å²) in [5.74, 6) is 0.780. The maximum Gasteiger partial charge on any atom is 0.251 e. The molecule has 3 N–H and O–H groups in total. The molecular formula is C13H16N2OS. The first-order valence-corrected chi connectivity index (χ1v) is 6.25. The molecule has 0 radical (unpaired) electrons. The summed E-state index contributed by atoms with van der Waals surface area (Å²) in [6.45, 7) is 0.751. The van der Waals surface area contributed by atoms with Gasteiger partial charge in [-0.3, -0.25) is 4.79 Å². The second-order valence-corrected chi connectivity index (χ2v) is 4.87. The molecule has 1 aromatic carbocycles. The zero-order valence-corrected chi connectivity index (χ0v) is 10.4. The number of nitrogens with two attached hydrogens (primary N) is 1. The van der Waals surface area contributed by atoms with Crippen molar-refractivity contribution in [1.29, 1.82) is 0 Å². The minimum atomic E-state index is -0.0521. The van der Waals surface area contributed by atoms with Crippen LogP contribution in [0.15, 0.2) is 24.3 Å². The third kappa shape index (κ3) is 3.53. The van der Waals surface area contributed by atoms with Gasteiger partial charge in [0.15, 0.2) is 0 Å². The monoisotopic (exact) mass is 248 g/mol. The number of nitrogens with one attached hydrogen (secondary N) is 1. The van der Waals surface area contributed by atoms with Gasteiger partial charge < -0.3 is 11.1 Å². The van der Waals surface area contributed by atoms with E-state index in [0.29, 0.717) is 10.6 Å². The van der Waals surface area contributed by atoms with Gasteiger partial charge in [-0.1, -0.05) is 37.2 Å². The predicted molar refractivity (Wildman–Crippen MR) is 72.0 cm³/mol. The van der Waals surface area contributed by atoms with Crippen LogP contribution in [0.3, 0.4) is 0 Å². The van der Waals surface area contributed by atoms with Gasteiger partial charge in [-0.15, -0.1) is 0 Å². The normalized spacial score (nSPS) is 14.4. The smallest absolute Gasteiger partial charge is 0.251 e. The Labute approximate surface area is 106 Å². The molecule has 0 aliphatic heterocycles. The van der Waals surface area contributed by atoms with Crippen LogP contribution in [0, 0.1) is 5.92 Å². The summed E-state index contributed by atoms with van der Waals surface area (Å²) >= 11 is 4.88. The van der Waals surface area contributed by atoms with Crippen molar-refractivity contribution < 1.29 is 4.79 Å². The van der Waals surface area contributed by atoms with Crippen molar-refractivity contribution in [2.45, 2.75) is 19.3 Å². The van der Waals surface area contributed by atoms with Crippen molar-refractivity contribution in [3.05, 3.63) is 35.4 Å². The lowest BCUT2D eigenvalue weighted by Crippen LogP contribution is -2.25. The van der Waals surface area contributed by atoms with E-state index in [4.69, 9.17) is 18.0 Å². The molecule has 0 bridgehead atoms. The van der Waals surface area contributed by atoms with Crippen LogP contribution in [0.4, 0.5) is 0 Å². The van der Waals surface area contributed by atoms with Gasteiger partial charge in [-0.2, -0.15) is 0 Å². The van der Waals surface area contributed by atoms with E-state index in [1.165, 1.54) is 12.8 Å². The highest BCUT2D eigenvalue weighted by Crippen LogP contribution is 2.31. The van der Waals surface area contributed by atoms with E-state index in [2.05, 4.69) is 5.32 Å². The second kappa shape index (κ2) is 5.27. The topological polar surface area (TPSA) is 55.1 Å². The minimum absolute atomic E-state index is 0.0521. The van der Waals surface area contributed by atoms with Crippen LogP contribution in [-0.2, 0) is 0 Å². The average Bonchev–Trinajstić information content (AvgIpc) is 3.13. The molecule has 1 saturated carbocycles. The van der Waals surface area contributed by atoms with Gasteiger partial charge in [0, 0.05) is 17.7 Å². The van der Waals surface area contributed by atoms with Gasteiger partial charge in [0.25, 0.3) is 5.91 Å². The minimum Gasteiger partial charge on any atom is -0.389 e. The summed E-state index contributed by atoms with van der Waals surface area (Å²) in [6, 6.07) is 7.11. The number of rotatable bonds is 5. The number of hydrogen-bond acceptors (Lipinski definition) is 2. The van der Waals surface area contributed by atoms with Crippen LogP contribution in [-0.4, -0.2) is 17.4 Å². The standard InChI is InChI=1S/C13H16N2OS/c14-12(17)10-2-1-3-11(8-10)13(16)15-7-6-9-4-5-9/h1-3,8-9H,4-7H2,(H2,14,17)(H,15,16). The molecule has 0 unspecified atom stereocenters. The lowest BCUT2D eigenvalue weighted by atomic mass is 10.1. The van der Waals surface area contributed by atoms with Crippen molar-refractivity contribution in [2.75, 3.05) is 6.54 Å². The SMILES string of the molecule is NC(=S)c1cccc(C(=O)NCCC2CC2)c1. The molecule has 17 heavy (non-hydrogen) atoms. The van der Waals surface area contributed by atoms with E-state index in [-0.39, 0.29) is 5.91 Å². The average molecular weight is 248 g/mol. The molecule has 1 aliphatic carbocycles. The highest BCUT2D eigenvalue weighted by Gasteiger charge is 2.20. The molecule has 0 heterocycles. The maximum absolute atomic E-state index is 11.8. The predicted octanol–water partition coefficient (Wildman–Crippen LogP) is 1.85. The quantitative estimate of drug-likeness (QED) is 0.782. The lowest BCUT2D eigenvalue weighted by Gasteiger charge is -2.06. The summed E-state index contributed by atoms with van der Waals surface area (Å²) < 4.78 is 0. The van der Waals surface area contributed by atoms with Crippen molar-refractivity contribution in [3.8, 4) is 0 Å². The Bertz CT molecular complexity index is 441. The fourth-order valence-electron chi connectivity index (χ4n) is 1.71. The van der Waals surface area contributed by atoms with E-state index in [1.54, 1.807) is 18.2 Å². The number of benzene rings is 1. The Morgan fingerprint density at radius 2 is 2.12 bits per heavy atom. The fourth-order valence-corrected chi connectivity index (χ4v) is 1.84. The number of carbonyl (C=O) groups excluding carboxylic acids is 1. The molecule has 0 spiro atoms. The lowest BCUT2D eigenvalue weighted by molar-refractivity contribution is 0.0952. The molecular weight excluding hydrogens is 232 g/mol. The van der Waals surface area contributed by atoms with E-state index in [0.717, 1.165) is 24.4 Å². The third-order valence-electron chi connectivity index (χ3n) is 2.94. The van der Waals surface area contributed by atoms with Crippen molar-refractivity contribution in [3.63, 3.8) is 0 Å². The molecule has 1 aromatic rings. The first-order chi connectivity index (χ1) is 8.16. The summed E-state index contributed by atoms with van der Waals surface area (Å²) in [5, 5.41) is 2.91. The molecule has 90 valence electrons. The summed E-state index contributed by atoms with van der Waals surface area (Å²) in [4.78, 5) is 12.1. The molecule has 0 aromatic heterocycles. The molecule has 3 nitrogen and oxygen atoms in total. The van der Waals surface area contributed by atoms with Crippen molar-refractivity contribution in [1.82, 2.24) is 5.32 Å². The van der Waals surface area contributed by atoms with Gasteiger partial charge >= 0.3 is 0 Å². The Hall–Kier alpha value is -1.42. The van der Waals surface area contributed by atoms with Crippen LogP contribution in [0.5, 0.6) is 0 Å². The summed E-state index contributed by atoms with van der Waals surface area (Å²) in [5.41, 5.74) is 6.88. The Morgan fingerprint density at radius 3 is 2.76 bits per heavy atom. The van der Waals surface area contributed by atoms with Crippen LogP contribution >= 0.6 is 12.2 Å². The molecule has 1 amide bonds. The van der Waals surface area contributed by atoms with E-state index >= 15 is 0 Å². The van der Waals surface area contributed by atoms with Gasteiger partial charge in [0.2, 0.25) is 0 Å². The highest BCUT2D eigenvalue weighted by molar-refractivity contribution is 7.80. The number of amides is 1. The first-order valence-electron chi connectivity index (χ1n) is 5.85. The zero-order valence-electron chi connectivity index (χ0n) is 9.61. The molecule has 0 atom stereocenters. The molecule has 0 saturated heterocycles. The van der Waals surface area contributed by atoms with Gasteiger partial charge in [0.1, 0.15) is 4.99 Å². The Kier molecular flexibility index (Phi) is 3.74. The Morgan fingerprint density at radius 1 is 1.41 bits per heavy atom. The van der Waals surface area contributed by atoms with Gasteiger partial charge in [-0.05, 0) is 24.5 Å². The Balaban J connectivity index is 1.92. The van der Waals surface area contributed by atoms with Crippen molar-refractivity contribution >= 4 is 23.1 Å².